The predicted octanol–water partition coefficient (Wildman–Crippen LogP) is 2.49. The van der Waals surface area contributed by atoms with Crippen LogP contribution in [0.1, 0.15) is 4.88 Å². The van der Waals surface area contributed by atoms with Crippen molar-refractivity contribution in [3.63, 3.8) is 0 Å². The molecule has 0 spiro atoms. The Labute approximate surface area is 94.2 Å². The van der Waals surface area contributed by atoms with Crippen LogP contribution < -0.4 is 5.32 Å². The molecule has 0 unspecified atom stereocenters. The van der Waals surface area contributed by atoms with Crippen molar-refractivity contribution in [1.29, 1.82) is 0 Å². The molecule has 1 rings (SSSR count). The van der Waals surface area contributed by atoms with Gasteiger partial charge in [-0.3, -0.25) is 4.79 Å². The van der Waals surface area contributed by atoms with E-state index in [4.69, 9.17) is 0 Å². The van der Waals surface area contributed by atoms with E-state index in [9.17, 15) is 4.79 Å². The third kappa shape index (κ3) is 4.15. The molecule has 72 valence electrons. The molecule has 13 heavy (non-hydrogen) atoms. The number of rotatable bonds is 4. The quantitative estimate of drug-likeness (QED) is 0.918. The van der Waals surface area contributed by atoms with E-state index in [-0.39, 0.29) is 5.91 Å². The molecule has 0 saturated carbocycles. The highest BCUT2D eigenvalue weighted by molar-refractivity contribution is 9.10. The summed E-state index contributed by atoms with van der Waals surface area (Å²) in [6.45, 7) is 0.635. The number of amides is 1. The van der Waals surface area contributed by atoms with Crippen molar-refractivity contribution in [2.75, 3.05) is 12.0 Å². The van der Waals surface area contributed by atoms with Crippen molar-refractivity contribution in [3.8, 4) is 0 Å². The number of thioether (sulfide) groups is 1. The maximum atomic E-state index is 11.1. The Morgan fingerprint density at radius 3 is 3.08 bits per heavy atom. The summed E-state index contributed by atoms with van der Waals surface area (Å²) in [5.41, 5.74) is 0. The van der Waals surface area contributed by atoms with E-state index >= 15 is 0 Å². The monoisotopic (exact) mass is 279 g/mol. The minimum Gasteiger partial charge on any atom is -0.350 e. The largest absolute Gasteiger partial charge is 0.350 e. The molecule has 0 bridgehead atoms. The van der Waals surface area contributed by atoms with Crippen molar-refractivity contribution in [2.45, 2.75) is 6.54 Å². The molecule has 1 aromatic rings. The van der Waals surface area contributed by atoms with E-state index in [1.54, 1.807) is 11.3 Å². The van der Waals surface area contributed by atoms with Gasteiger partial charge in [-0.15, -0.1) is 11.3 Å². The van der Waals surface area contributed by atoms with Gasteiger partial charge in [-0.1, -0.05) is 0 Å². The van der Waals surface area contributed by atoms with Crippen LogP contribution in [0.3, 0.4) is 0 Å². The van der Waals surface area contributed by atoms with Crippen LogP contribution in [0.2, 0.25) is 0 Å². The summed E-state index contributed by atoms with van der Waals surface area (Å²) in [6, 6.07) is 2.02. The Kier molecular flexibility index (Phi) is 4.83. The zero-order valence-electron chi connectivity index (χ0n) is 7.17. The molecular weight excluding hydrogens is 270 g/mol. The lowest BCUT2D eigenvalue weighted by atomic mass is 10.4. The second kappa shape index (κ2) is 5.67. The van der Waals surface area contributed by atoms with Crippen molar-refractivity contribution >= 4 is 44.9 Å². The molecule has 0 fully saturated rings. The highest BCUT2D eigenvalue weighted by Gasteiger charge is 2.01. The van der Waals surface area contributed by atoms with Gasteiger partial charge in [0.1, 0.15) is 0 Å². The number of carbonyl (C=O) groups excluding carboxylic acids is 1. The predicted molar refractivity (Wildman–Crippen MR) is 62.2 cm³/mol. The summed E-state index contributed by atoms with van der Waals surface area (Å²) < 4.78 is 1.08. The van der Waals surface area contributed by atoms with Crippen LogP contribution in [-0.2, 0) is 11.3 Å². The Hall–Kier alpha value is -0.0000000000000000833. The minimum absolute atomic E-state index is 0.0945. The van der Waals surface area contributed by atoms with E-state index in [0.29, 0.717) is 12.3 Å². The number of carbonyl (C=O) groups is 1. The van der Waals surface area contributed by atoms with Crippen molar-refractivity contribution in [2.24, 2.45) is 0 Å². The van der Waals surface area contributed by atoms with Crippen LogP contribution in [0.25, 0.3) is 0 Å². The fourth-order valence-corrected chi connectivity index (χ4v) is 2.57. The molecule has 0 aliphatic carbocycles. The number of halogens is 1. The van der Waals surface area contributed by atoms with Gasteiger partial charge in [0.2, 0.25) is 5.91 Å². The maximum absolute atomic E-state index is 11.1. The highest BCUT2D eigenvalue weighted by atomic mass is 79.9. The molecule has 0 aliphatic heterocycles. The molecule has 2 nitrogen and oxygen atoms in total. The lowest BCUT2D eigenvalue weighted by molar-refractivity contribution is -0.118. The van der Waals surface area contributed by atoms with Gasteiger partial charge >= 0.3 is 0 Å². The first-order valence-electron chi connectivity index (χ1n) is 3.71. The summed E-state index contributed by atoms with van der Waals surface area (Å²) in [7, 11) is 0. The molecule has 0 atom stereocenters. The van der Waals surface area contributed by atoms with Crippen LogP contribution >= 0.6 is 39.0 Å². The van der Waals surface area contributed by atoms with E-state index in [1.165, 1.54) is 16.6 Å². The van der Waals surface area contributed by atoms with Gasteiger partial charge in [-0.05, 0) is 28.3 Å². The Morgan fingerprint density at radius 1 is 1.77 bits per heavy atom. The smallest absolute Gasteiger partial charge is 0.230 e. The third-order valence-electron chi connectivity index (χ3n) is 1.36. The fraction of sp³-hybridized carbons (Fsp3) is 0.375. The van der Waals surface area contributed by atoms with Gasteiger partial charge in [0.25, 0.3) is 0 Å². The van der Waals surface area contributed by atoms with Gasteiger partial charge in [-0.2, -0.15) is 11.8 Å². The van der Waals surface area contributed by atoms with Crippen LogP contribution in [0, 0.1) is 0 Å². The SMILES string of the molecule is CSCC(=O)NCc1cc(Br)cs1. The van der Waals surface area contributed by atoms with Crippen LogP contribution in [-0.4, -0.2) is 17.9 Å². The lowest BCUT2D eigenvalue weighted by Crippen LogP contribution is -2.23. The fourth-order valence-electron chi connectivity index (χ4n) is 0.814. The topological polar surface area (TPSA) is 29.1 Å². The molecule has 1 heterocycles. The molecule has 0 saturated heterocycles. The van der Waals surface area contributed by atoms with Gasteiger partial charge in [0.05, 0.1) is 12.3 Å². The maximum Gasteiger partial charge on any atom is 0.230 e. The summed E-state index contributed by atoms with van der Waals surface area (Å²) in [6.07, 6.45) is 1.92. The molecule has 1 N–H and O–H groups in total. The number of hydrogen-bond acceptors (Lipinski definition) is 3. The minimum atomic E-state index is 0.0945. The summed E-state index contributed by atoms with van der Waals surface area (Å²) in [4.78, 5) is 12.3. The Balaban J connectivity index is 2.30. The molecule has 0 aromatic carbocycles. The standard InChI is InChI=1S/C8H10BrNOS2/c1-12-5-8(11)10-3-7-2-6(9)4-13-7/h2,4H,3,5H2,1H3,(H,10,11). The van der Waals surface area contributed by atoms with Crippen molar-refractivity contribution in [3.05, 3.63) is 20.8 Å². The Morgan fingerprint density at radius 2 is 2.54 bits per heavy atom. The second-order valence-electron chi connectivity index (χ2n) is 2.44. The van der Waals surface area contributed by atoms with E-state index < -0.39 is 0 Å². The lowest BCUT2D eigenvalue weighted by Gasteiger charge is -2.00. The highest BCUT2D eigenvalue weighted by Crippen LogP contribution is 2.19. The van der Waals surface area contributed by atoms with Gasteiger partial charge in [0, 0.05) is 14.7 Å². The average Bonchev–Trinajstić information content (AvgIpc) is 2.49. The Bertz CT molecular complexity index is 287. The first-order valence-corrected chi connectivity index (χ1v) is 6.77. The van der Waals surface area contributed by atoms with Gasteiger partial charge in [0.15, 0.2) is 0 Å². The molecule has 1 amide bonds. The molecule has 0 radical (unpaired) electrons. The number of nitrogens with one attached hydrogen (secondary N) is 1. The number of hydrogen-bond donors (Lipinski definition) is 1. The number of thiophene rings is 1. The van der Waals surface area contributed by atoms with Gasteiger partial charge in [-0.25, -0.2) is 0 Å². The zero-order valence-corrected chi connectivity index (χ0v) is 10.4. The third-order valence-corrected chi connectivity index (χ3v) is 3.61. The molecule has 5 heteroatoms. The molecule has 1 aromatic heterocycles. The average molecular weight is 280 g/mol. The first-order chi connectivity index (χ1) is 6.22. The molecule has 0 aliphatic rings. The summed E-state index contributed by atoms with van der Waals surface area (Å²) >= 11 is 6.54. The van der Waals surface area contributed by atoms with Crippen LogP contribution in [0.4, 0.5) is 0 Å². The van der Waals surface area contributed by atoms with Crippen molar-refractivity contribution < 1.29 is 4.79 Å². The van der Waals surface area contributed by atoms with E-state index in [2.05, 4.69) is 21.2 Å². The van der Waals surface area contributed by atoms with Crippen LogP contribution in [0.5, 0.6) is 0 Å². The van der Waals surface area contributed by atoms with E-state index in [1.807, 2.05) is 17.7 Å². The first kappa shape index (κ1) is 11.1. The van der Waals surface area contributed by atoms with E-state index in [0.717, 1.165) is 4.47 Å². The van der Waals surface area contributed by atoms with Gasteiger partial charge < -0.3 is 5.32 Å². The normalized spacial score (nSPS) is 10.0. The van der Waals surface area contributed by atoms with Crippen molar-refractivity contribution in [1.82, 2.24) is 5.32 Å². The van der Waals surface area contributed by atoms with Crippen LogP contribution in [0.15, 0.2) is 15.9 Å². The zero-order chi connectivity index (χ0) is 9.68. The summed E-state index contributed by atoms with van der Waals surface area (Å²) in [5.74, 6) is 0.629. The summed E-state index contributed by atoms with van der Waals surface area (Å²) in [5, 5.41) is 4.85. The second-order valence-corrected chi connectivity index (χ2v) is 5.22. The molecular formula is C8H10BrNOS2.